The van der Waals surface area contributed by atoms with Gasteiger partial charge in [0.25, 0.3) is 0 Å². The summed E-state index contributed by atoms with van der Waals surface area (Å²) in [6.07, 6.45) is 0. The van der Waals surface area contributed by atoms with E-state index >= 15 is 0 Å². The summed E-state index contributed by atoms with van der Waals surface area (Å²) in [6.45, 7) is 4.04. The number of phenols is 1. The molecule has 2 rings (SSSR count). The third kappa shape index (κ3) is 3.00. The van der Waals surface area contributed by atoms with Gasteiger partial charge in [0.2, 0.25) is 0 Å². The van der Waals surface area contributed by atoms with Crippen molar-refractivity contribution < 1.29 is 14.6 Å². The highest BCUT2D eigenvalue weighted by molar-refractivity contribution is 5.98. The van der Waals surface area contributed by atoms with Crippen LogP contribution in [0.3, 0.4) is 0 Å². The van der Waals surface area contributed by atoms with Gasteiger partial charge >= 0.3 is 0 Å². The van der Waals surface area contributed by atoms with Gasteiger partial charge in [-0.25, -0.2) is 0 Å². The summed E-state index contributed by atoms with van der Waals surface area (Å²) in [5, 5.41) is 12.7. The molecule has 1 aromatic carbocycles. The van der Waals surface area contributed by atoms with Crippen molar-refractivity contribution in [1.82, 2.24) is 10.2 Å². The number of piperazine rings is 1. The number of ether oxygens (including phenoxy) is 1. The molecule has 1 saturated heterocycles. The Bertz CT molecular complexity index is 428. The summed E-state index contributed by atoms with van der Waals surface area (Å²) in [7, 11) is 1.47. The molecule has 0 saturated carbocycles. The Balaban J connectivity index is 2.03. The molecule has 1 aliphatic heterocycles. The van der Waals surface area contributed by atoms with Crippen LogP contribution in [0.25, 0.3) is 0 Å². The Morgan fingerprint density at radius 2 is 2.17 bits per heavy atom. The van der Waals surface area contributed by atoms with E-state index in [0.717, 1.165) is 26.2 Å². The molecule has 0 spiro atoms. The Morgan fingerprint density at radius 3 is 2.83 bits per heavy atom. The molecule has 18 heavy (non-hydrogen) atoms. The predicted molar refractivity (Wildman–Crippen MR) is 68.3 cm³/mol. The van der Waals surface area contributed by atoms with Crippen LogP contribution in [0, 0.1) is 0 Å². The molecule has 0 bridgehead atoms. The molecule has 2 N–H and O–H groups in total. The number of phenolic OH excluding ortho intramolecular Hbond substituents is 1. The number of nitrogens with one attached hydrogen (secondary N) is 1. The van der Waals surface area contributed by atoms with Crippen molar-refractivity contribution in [2.75, 3.05) is 39.8 Å². The van der Waals surface area contributed by atoms with Gasteiger partial charge in [-0.1, -0.05) is 0 Å². The molecule has 1 aromatic rings. The second-order valence-corrected chi connectivity index (χ2v) is 4.34. The molecule has 0 atom stereocenters. The third-order valence-corrected chi connectivity index (χ3v) is 3.08. The minimum atomic E-state index is 0.0511. The highest BCUT2D eigenvalue weighted by Gasteiger charge is 2.16. The average Bonchev–Trinajstić information content (AvgIpc) is 2.40. The van der Waals surface area contributed by atoms with E-state index in [9.17, 15) is 9.90 Å². The first-order valence-corrected chi connectivity index (χ1v) is 6.04. The quantitative estimate of drug-likeness (QED) is 0.761. The van der Waals surface area contributed by atoms with E-state index in [-0.39, 0.29) is 11.5 Å². The van der Waals surface area contributed by atoms with E-state index in [1.165, 1.54) is 13.2 Å². The van der Waals surface area contributed by atoms with E-state index in [1.54, 1.807) is 12.1 Å². The standard InChI is InChI=1S/C13H18N2O3/c1-18-13-8-10(2-3-11(13)16)12(17)9-15-6-4-14-5-7-15/h2-3,8,14,16H,4-7,9H2,1H3. The van der Waals surface area contributed by atoms with Crippen molar-refractivity contribution in [3.05, 3.63) is 23.8 Å². The van der Waals surface area contributed by atoms with Crippen molar-refractivity contribution in [3.63, 3.8) is 0 Å². The number of carbonyl (C=O) groups is 1. The number of Topliss-reactive ketones (excluding diaryl/α,β-unsaturated/α-hetero) is 1. The van der Waals surface area contributed by atoms with Crippen LogP contribution in [0.2, 0.25) is 0 Å². The van der Waals surface area contributed by atoms with Crippen LogP contribution in [0.15, 0.2) is 18.2 Å². The Labute approximate surface area is 106 Å². The third-order valence-electron chi connectivity index (χ3n) is 3.08. The zero-order valence-corrected chi connectivity index (χ0v) is 10.5. The van der Waals surface area contributed by atoms with Crippen molar-refractivity contribution >= 4 is 5.78 Å². The number of hydrogen-bond donors (Lipinski definition) is 2. The van der Waals surface area contributed by atoms with Crippen LogP contribution in [-0.2, 0) is 0 Å². The number of methoxy groups -OCH3 is 1. The summed E-state index contributed by atoms with van der Waals surface area (Å²) in [5.41, 5.74) is 0.572. The fourth-order valence-corrected chi connectivity index (χ4v) is 2.01. The van der Waals surface area contributed by atoms with E-state index in [2.05, 4.69) is 10.2 Å². The Kier molecular flexibility index (Phi) is 4.17. The number of hydrogen-bond acceptors (Lipinski definition) is 5. The van der Waals surface area contributed by atoms with Gasteiger partial charge in [0.15, 0.2) is 17.3 Å². The summed E-state index contributed by atoms with van der Waals surface area (Å²) in [4.78, 5) is 14.2. The van der Waals surface area contributed by atoms with E-state index < -0.39 is 0 Å². The monoisotopic (exact) mass is 250 g/mol. The molecular formula is C13H18N2O3. The van der Waals surface area contributed by atoms with Crippen LogP contribution in [0.1, 0.15) is 10.4 Å². The number of carbonyl (C=O) groups excluding carboxylic acids is 1. The lowest BCUT2D eigenvalue weighted by molar-refractivity contribution is 0.0921. The summed E-state index contributed by atoms with van der Waals surface area (Å²) < 4.78 is 5.00. The fourth-order valence-electron chi connectivity index (χ4n) is 2.01. The zero-order chi connectivity index (χ0) is 13.0. The molecule has 0 radical (unpaired) electrons. The van der Waals surface area contributed by atoms with E-state index in [0.29, 0.717) is 17.9 Å². The molecule has 5 heteroatoms. The molecule has 0 aromatic heterocycles. The van der Waals surface area contributed by atoms with Crippen LogP contribution >= 0.6 is 0 Å². The highest BCUT2D eigenvalue weighted by atomic mass is 16.5. The molecule has 98 valence electrons. The highest BCUT2D eigenvalue weighted by Crippen LogP contribution is 2.26. The molecule has 0 amide bonds. The van der Waals surface area contributed by atoms with Crippen LogP contribution < -0.4 is 10.1 Å². The second kappa shape index (κ2) is 5.84. The fraction of sp³-hybridized carbons (Fsp3) is 0.462. The molecule has 1 heterocycles. The Hall–Kier alpha value is -1.59. The van der Waals surface area contributed by atoms with Gasteiger partial charge in [-0.3, -0.25) is 9.69 Å². The lowest BCUT2D eigenvalue weighted by atomic mass is 10.1. The van der Waals surface area contributed by atoms with Gasteiger partial charge in [0, 0.05) is 31.7 Å². The van der Waals surface area contributed by atoms with Crippen molar-refractivity contribution in [2.24, 2.45) is 0 Å². The van der Waals surface area contributed by atoms with Gasteiger partial charge in [-0.05, 0) is 18.2 Å². The normalized spacial score (nSPS) is 16.5. The van der Waals surface area contributed by atoms with Crippen LogP contribution in [-0.4, -0.2) is 55.6 Å². The molecule has 0 unspecified atom stereocenters. The number of aromatic hydroxyl groups is 1. The van der Waals surface area contributed by atoms with Gasteiger partial charge in [0.05, 0.1) is 13.7 Å². The first-order chi connectivity index (χ1) is 8.70. The average molecular weight is 250 g/mol. The van der Waals surface area contributed by atoms with Gasteiger partial charge in [-0.2, -0.15) is 0 Å². The van der Waals surface area contributed by atoms with Gasteiger partial charge in [-0.15, -0.1) is 0 Å². The van der Waals surface area contributed by atoms with Crippen molar-refractivity contribution in [1.29, 1.82) is 0 Å². The van der Waals surface area contributed by atoms with Crippen molar-refractivity contribution in [2.45, 2.75) is 0 Å². The maximum absolute atomic E-state index is 12.1. The maximum atomic E-state index is 12.1. The Morgan fingerprint density at radius 1 is 1.44 bits per heavy atom. The summed E-state index contributed by atoms with van der Waals surface area (Å²) >= 11 is 0. The van der Waals surface area contributed by atoms with Gasteiger partial charge < -0.3 is 15.2 Å². The first kappa shape index (κ1) is 12.9. The summed E-state index contributed by atoms with van der Waals surface area (Å²) in [5.74, 6) is 0.438. The molecule has 1 aliphatic rings. The lowest BCUT2D eigenvalue weighted by Gasteiger charge is -2.26. The molecule has 1 fully saturated rings. The first-order valence-electron chi connectivity index (χ1n) is 6.04. The van der Waals surface area contributed by atoms with Crippen LogP contribution in [0.5, 0.6) is 11.5 Å². The molecule has 0 aliphatic carbocycles. The van der Waals surface area contributed by atoms with Crippen LogP contribution in [0.4, 0.5) is 0 Å². The number of benzene rings is 1. The van der Waals surface area contributed by atoms with E-state index in [1.807, 2.05) is 0 Å². The zero-order valence-electron chi connectivity index (χ0n) is 10.5. The SMILES string of the molecule is COc1cc(C(=O)CN2CCNCC2)ccc1O. The smallest absolute Gasteiger partial charge is 0.176 e. The number of nitrogens with zero attached hydrogens (tertiary/aromatic N) is 1. The minimum absolute atomic E-state index is 0.0511. The number of rotatable bonds is 4. The summed E-state index contributed by atoms with van der Waals surface area (Å²) in [6, 6.07) is 4.70. The molecule has 5 nitrogen and oxygen atoms in total. The number of ketones is 1. The lowest BCUT2D eigenvalue weighted by Crippen LogP contribution is -2.45. The van der Waals surface area contributed by atoms with Gasteiger partial charge in [0.1, 0.15) is 0 Å². The largest absolute Gasteiger partial charge is 0.504 e. The molecular weight excluding hydrogens is 232 g/mol. The predicted octanol–water partition coefficient (Wildman–Crippen LogP) is 0.489. The van der Waals surface area contributed by atoms with Crippen molar-refractivity contribution in [3.8, 4) is 11.5 Å². The minimum Gasteiger partial charge on any atom is -0.504 e. The van der Waals surface area contributed by atoms with E-state index in [4.69, 9.17) is 4.74 Å². The topological polar surface area (TPSA) is 61.8 Å². The maximum Gasteiger partial charge on any atom is 0.176 e. The second-order valence-electron chi connectivity index (χ2n) is 4.34.